The fourth-order valence-electron chi connectivity index (χ4n) is 4.02. The number of pyridine rings is 1. The molecule has 0 saturated heterocycles. The lowest BCUT2D eigenvalue weighted by Gasteiger charge is -2.16. The third kappa shape index (κ3) is 6.51. The van der Waals surface area contributed by atoms with Crippen molar-refractivity contribution in [1.29, 1.82) is 0 Å². The predicted octanol–water partition coefficient (Wildman–Crippen LogP) is 7.50. The second-order valence-electron chi connectivity index (χ2n) is 9.26. The molecule has 1 amide bonds. The summed E-state index contributed by atoms with van der Waals surface area (Å²) in [6.07, 6.45) is -7.27. The van der Waals surface area contributed by atoms with Crippen molar-refractivity contribution in [2.75, 3.05) is 10.6 Å². The van der Waals surface area contributed by atoms with Gasteiger partial charge in [0.25, 0.3) is 0 Å². The van der Waals surface area contributed by atoms with Gasteiger partial charge in [0.15, 0.2) is 5.82 Å². The lowest BCUT2D eigenvalue weighted by molar-refractivity contribution is -0.141. The molecule has 0 aliphatic rings. The van der Waals surface area contributed by atoms with Crippen molar-refractivity contribution in [3.8, 4) is 23.0 Å². The van der Waals surface area contributed by atoms with Gasteiger partial charge in [-0.3, -0.25) is 9.78 Å². The average Bonchev–Trinajstić information content (AvgIpc) is 3.54. The fraction of sp³-hybridized carbons (Fsp3) is 0.185. The van der Waals surface area contributed by atoms with Gasteiger partial charge in [0.2, 0.25) is 11.9 Å². The summed E-state index contributed by atoms with van der Waals surface area (Å²) >= 11 is 5.72. The van der Waals surface area contributed by atoms with E-state index >= 15 is 0 Å². The second kappa shape index (κ2) is 11.1. The number of H-pyrrole nitrogens is 1. The third-order valence-corrected chi connectivity index (χ3v) is 6.34. The number of aromatic amines is 1. The van der Waals surface area contributed by atoms with Crippen molar-refractivity contribution in [1.82, 2.24) is 24.5 Å². The van der Waals surface area contributed by atoms with Gasteiger partial charge in [-0.25, -0.2) is 9.97 Å². The molecule has 3 N–H and O–H groups in total. The van der Waals surface area contributed by atoms with Crippen LogP contribution in [-0.4, -0.2) is 35.8 Å². The summed E-state index contributed by atoms with van der Waals surface area (Å²) < 4.78 is 86.9. The highest BCUT2D eigenvalue weighted by atomic mass is 35.5. The van der Waals surface area contributed by atoms with Crippen LogP contribution in [0.2, 0.25) is 0 Å². The van der Waals surface area contributed by atoms with Crippen molar-refractivity contribution in [3.63, 3.8) is 0 Å². The molecule has 9 nitrogen and oxygen atoms in total. The normalized spacial score (nSPS) is 12.8. The second-order valence-corrected chi connectivity index (χ2v) is 9.91. The molecular weight excluding hydrogens is 604 g/mol. The zero-order chi connectivity index (χ0) is 31.1. The molecule has 0 bridgehead atoms. The zero-order valence-corrected chi connectivity index (χ0v) is 22.9. The highest BCUT2D eigenvalue weighted by molar-refractivity contribution is 6.32. The van der Waals surface area contributed by atoms with Crippen LogP contribution in [0.25, 0.3) is 22.6 Å². The number of halogens is 7. The molecule has 0 fully saturated rings. The molecule has 5 aromatic rings. The van der Waals surface area contributed by atoms with Crippen LogP contribution in [0, 0.1) is 0 Å². The molecule has 2 aromatic carbocycles. The average molecular weight is 624 g/mol. The number of nitrogens with zero attached hydrogens (tertiary/aromatic N) is 4. The molecule has 0 saturated carbocycles. The van der Waals surface area contributed by atoms with Crippen LogP contribution in [0.5, 0.6) is 11.5 Å². The van der Waals surface area contributed by atoms with Crippen LogP contribution in [0.1, 0.15) is 18.2 Å². The SMILES string of the molecule is CC(Cl)C(=O)Nc1cc(Nc2nc3cc(Oc4ccnc(-c5ncc(C(F)(F)F)[nH]5)c4)ccc3n2C)ccc1C(F)(F)F. The molecule has 0 aliphatic carbocycles. The summed E-state index contributed by atoms with van der Waals surface area (Å²) in [5.74, 6) is 0.0148. The highest BCUT2D eigenvalue weighted by Gasteiger charge is 2.35. The Hall–Kier alpha value is -4.79. The molecule has 16 heteroatoms. The number of rotatable bonds is 7. The first-order valence-corrected chi connectivity index (χ1v) is 12.8. The fourth-order valence-corrected chi connectivity index (χ4v) is 4.08. The summed E-state index contributed by atoms with van der Waals surface area (Å²) in [6.45, 7) is 1.34. The van der Waals surface area contributed by atoms with E-state index in [0.717, 1.165) is 12.1 Å². The number of imidazole rings is 2. The maximum atomic E-state index is 13.5. The maximum Gasteiger partial charge on any atom is 0.432 e. The van der Waals surface area contributed by atoms with E-state index < -0.39 is 40.6 Å². The number of amides is 1. The largest absolute Gasteiger partial charge is 0.457 e. The van der Waals surface area contributed by atoms with Gasteiger partial charge in [-0.15, -0.1) is 11.6 Å². The van der Waals surface area contributed by atoms with Gasteiger partial charge in [0.1, 0.15) is 28.3 Å². The lowest BCUT2D eigenvalue weighted by Crippen LogP contribution is -2.22. The van der Waals surface area contributed by atoms with E-state index in [1.54, 1.807) is 29.8 Å². The predicted molar refractivity (Wildman–Crippen MR) is 146 cm³/mol. The van der Waals surface area contributed by atoms with E-state index in [1.165, 1.54) is 31.3 Å². The Morgan fingerprint density at radius 3 is 2.42 bits per heavy atom. The van der Waals surface area contributed by atoms with E-state index in [4.69, 9.17) is 16.3 Å². The topological polar surface area (TPSA) is 110 Å². The van der Waals surface area contributed by atoms with Crippen molar-refractivity contribution in [3.05, 3.63) is 72.2 Å². The van der Waals surface area contributed by atoms with Crippen LogP contribution in [0.3, 0.4) is 0 Å². The molecule has 1 atom stereocenters. The lowest BCUT2D eigenvalue weighted by atomic mass is 10.1. The molecule has 43 heavy (non-hydrogen) atoms. The Labute approximate surface area is 243 Å². The number of hydrogen-bond donors (Lipinski definition) is 3. The number of nitrogens with one attached hydrogen (secondary N) is 3. The van der Waals surface area contributed by atoms with E-state index in [0.29, 0.717) is 23.0 Å². The summed E-state index contributed by atoms with van der Waals surface area (Å²) in [5, 5.41) is 4.10. The summed E-state index contributed by atoms with van der Waals surface area (Å²) in [6, 6.07) is 11.0. The number of anilines is 3. The van der Waals surface area contributed by atoms with Gasteiger partial charge in [0, 0.05) is 31.1 Å². The Morgan fingerprint density at radius 2 is 1.74 bits per heavy atom. The Bertz CT molecular complexity index is 1810. The number of carbonyl (C=O) groups is 1. The van der Waals surface area contributed by atoms with E-state index in [-0.39, 0.29) is 28.9 Å². The van der Waals surface area contributed by atoms with Crippen molar-refractivity contribution in [2.45, 2.75) is 24.7 Å². The quantitative estimate of drug-likeness (QED) is 0.128. The highest BCUT2D eigenvalue weighted by Crippen LogP contribution is 2.37. The molecule has 3 heterocycles. The van der Waals surface area contributed by atoms with Crippen LogP contribution in [0.15, 0.2) is 60.9 Å². The molecule has 5 rings (SSSR count). The molecule has 224 valence electrons. The van der Waals surface area contributed by atoms with Crippen LogP contribution in [0.4, 0.5) is 43.7 Å². The first kappa shape index (κ1) is 29.7. The number of ether oxygens (including phenoxy) is 1. The number of benzene rings is 2. The maximum absolute atomic E-state index is 13.5. The van der Waals surface area contributed by atoms with Crippen LogP contribution in [-0.2, 0) is 24.2 Å². The first-order valence-electron chi connectivity index (χ1n) is 12.3. The molecular formula is C27H20ClF6N7O2. The van der Waals surface area contributed by atoms with Crippen LogP contribution >= 0.6 is 11.6 Å². The van der Waals surface area contributed by atoms with Gasteiger partial charge >= 0.3 is 12.4 Å². The number of carbonyl (C=O) groups excluding carboxylic acids is 1. The Balaban J connectivity index is 1.38. The smallest absolute Gasteiger partial charge is 0.432 e. The molecule has 0 aliphatic heterocycles. The number of aryl methyl sites for hydroxylation is 1. The first-order chi connectivity index (χ1) is 20.2. The summed E-state index contributed by atoms with van der Waals surface area (Å²) in [7, 11) is 1.69. The van der Waals surface area contributed by atoms with E-state index in [2.05, 4.69) is 30.6 Å². The Kier molecular flexibility index (Phi) is 7.69. The van der Waals surface area contributed by atoms with Crippen molar-refractivity contribution >= 4 is 45.9 Å². The molecule has 1 unspecified atom stereocenters. The van der Waals surface area contributed by atoms with Crippen molar-refractivity contribution in [2.24, 2.45) is 7.05 Å². The number of alkyl halides is 7. The Morgan fingerprint density at radius 1 is 1.00 bits per heavy atom. The minimum Gasteiger partial charge on any atom is -0.457 e. The zero-order valence-electron chi connectivity index (χ0n) is 22.1. The standard InChI is InChI=1S/C27H20ClF6N7O2/c1-13(28)24(42)38-18-9-14(3-5-17(18)26(29,30)31)37-25-39-19-10-15(4-6-21(19)41(25)2)43-16-7-8-35-20(11-16)23-36-12-22(40-23)27(32,33)34/h3-13H,1-2H3,(H,36,40)(H,37,39)(H,38,42). The van der Waals surface area contributed by atoms with Gasteiger partial charge in [-0.1, -0.05) is 0 Å². The minimum absolute atomic E-state index is 0.0863. The van der Waals surface area contributed by atoms with Gasteiger partial charge < -0.3 is 24.9 Å². The van der Waals surface area contributed by atoms with Gasteiger partial charge in [0.05, 0.1) is 28.5 Å². The number of hydrogen-bond acceptors (Lipinski definition) is 6. The molecule has 0 radical (unpaired) electrons. The van der Waals surface area contributed by atoms with Crippen LogP contribution < -0.4 is 15.4 Å². The summed E-state index contributed by atoms with van der Waals surface area (Å²) in [5.41, 5.74) is -1.05. The number of aromatic nitrogens is 5. The monoisotopic (exact) mass is 623 g/mol. The van der Waals surface area contributed by atoms with Gasteiger partial charge in [-0.2, -0.15) is 26.3 Å². The number of fused-ring (bicyclic) bond motifs is 1. The third-order valence-electron chi connectivity index (χ3n) is 6.14. The van der Waals surface area contributed by atoms with Gasteiger partial charge in [-0.05, 0) is 43.3 Å². The van der Waals surface area contributed by atoms with E-state index in [9.17, 15) is 31.1 Å². The molecule has 0 spiro atoms. The molecule has 3 aromatic heterocycles. The van der Waals surface area contributed by atoms with E-state index in [1.807, 2.05) is 0 Å². The summed E-state index contributed by atoms with van der Waals surface area (Å²) in [4.78, 5) is 26.5. The minimum atomic E-state index is -4.72. The van der Waals surface area contributed by atoms with Crippen molar-refractivity contribution < 1.29 is 35.9 Å².